The summed E-state index contributed by atoms with van der Waals surface area (Å²) in [5, 5.41) is 3.88. The highest BCUT2D eigenvalue weighted by Gasteiger charge is 2.53. The minimum atomic E-state index is -0.651. The lowest BCUT2D eigenvalue weighted by Crippen LogP contribution is -2.57. The highest BCUT2D eigenvalue weighted by molar-refractivity contribution is 6.30. The van der Waals surface area contributed by atoms with Crippen LogP contribution in [0.25, 0.3) is 0 Å². The molecule has 2 fully saturated rings. The van der Waals surface area contributed by atoms with Crippen molar-refractivity contribution in [2.45, 2.75) is 37.6 Å². The van der Waals surface area contributed by atoms with E-state index in [0.717, 1.165) is 11.3 Å². The highest BCUT2D eigenvalue weighted by atomic mass is 35.5. The zero-order valence-electron chi connectivity index (χ0n) is 20.5. The molecular weight excluding hydrogens is 478 g/mol. The summed E-state index contributed by atoms with van der Waals surface area (Å²) in [6.45, 7) is 3.25. The van der Waals surface area contributed by atoms with Crippen LogP contribution in [0, 0.1) is 0 Å². The lowest BCUT2D eigenvalue weighted by Gasteiger charge is -2.43. The lowest BCUT2D eigenvalue weighted by molar-refractivity contribution is -0.138. The molecule has 0 radical (unpaired) electrons. The molecule has 0 atom stereocenters. The molecule has 1 spiro atoms. The van der Waals surface area contributed by atoms with Gasteiger partial charge in [-0.15, -0.1) is 0 Å². The second-order valence-electron chi connectivity index (χ2n) is 9.48. The van der Waals surface area contributed by atoms with Crippen LogP contribution in [-0.2, 0) is 20.8 Å². The smallest absolute Gasteiger partial charge is 0.250 e. The first kappa shape index (κ1) is 26.0. The summed E-state index contributed by atoms with van der Waals surface area (Å²) >= 11 is 5.96. The van der Waals surface area contributed by atoms with Crippen LogP contribution in [0.2, 0.25) is 5.02 Å². The van der Waals surface area contributed by atoms with Crippen molar-refractivity contribution in [3.05, 3.63) is 65.2 Å². The maximum Gasteiger partial charge on any atom is 0.250 e. The fourth-order valence-electron chi connectivity index (χ4n) is 5.11. The number of primary amides is 1. The van der Waals surface area contributed by atoms with Crippen molar-refractivity contribution >= 4 is 35.0 Å². The lowest BCUT2D eigenvalue weighted by atomic mass is 9.85. The predicted molar refractivity (Wildman–Crippen MR) is 141 cm³/mol. The molecule has 0 aliphatic carbocycles. The van der Waals surface area contributed by atoms with Gasteiger partial charge in [0.15, 0.2) is 0 Å². The molecule has 2 saturated heterocycles. The van der Waals surface area contributed by atoms with Crippen molar-refractivity contribution in [3.63, 3.8) is 0 Å². The Balaban J connectivity index is 1.38. The fraction of sp³-hybridized carbons (Fsp3) is 0.444. The number of carbonyl (C=O) groups excluding carboxylic acids is 3. The van der Waals surface area contributed by atoms with Gasteiger partial charge in [-0.1, -0.05) is 41.9 Å². The SMILES string of the molecule is NC(=O)CCNCCN1CN(c2ccccc2)C2(CCN(C(=O)CCc3ccc(Cl)cc3)CC2)C1=O. The number of nitrogens with zero attached hydrogens (tertiary/aromatic N) is 3. The van der Waals surface area contributed by atoms with Crippen LogP contribution >= 0.6 is 11.6 Å². The largest absolute Gasteiger partial charge is 0.370 e. The predicted octanol–water partition coefficient (Wildman–Crippen LogP) is 2.41. The number of piperidine rings is 1. The number of anilines is 1. The van der Waals surface area contributed by atoms with Crippen LogP contribution in [0.3, 0.4) is 0 Å². The van der Waals surface area contributed by atoms with Crippen LogP contribution in [0.4, 0.5) is 5.69 Å². The van der Waals surface area contributed by atoms with Gasteiger partial charge < -0.3 is 25.8 Å². The second-order valence-corrected chi connectivity index (χ2v) is 9.92. The average Bonchev–Trinajstić information content (AvgIpc) is 3.15. The number of likely N-dealkylation sites (tertiary alicyclic amines) is 1. The molecule has 2 aliphatic heterocycles. The first-order valence-electron chi connectivity index (χ1n) is 12.5. The number of carbonyl (C=O) groups is 3. The summed E-state index contributed by atoms with van der Waals surface area (Å²) < 4.78 is 0. The Hall–Kier alpha value is -3.10. The zero-order chi connectivity index (χ0) is 25.5. The summed E-state index contributed by atoms with van der Waals surface area (Å²) in [4.78, 5) is 43.6. The molecule has 2 aromatic carbocycles. The minimum absolute atomic E-state index is 0.108. The van der Waals surface area contributed by atoms with E-state index in [4.69, 9.17) is 17.3 Å². The molecule has 2 aromatic rings. The van der Waals surface area contributed by atoms with Crippen molar-refractivity contribution < 1.29 is 14.4 Å². The Morgan fingerprint density at radius 2 is 1.67 bits per heavy atom. The summed E-state index contributed by atoms with van der Waals surface area (Å²) in [6, 6.07) is 17.6. The van der Waals surface area contributed by atoms with E-state index in [-0.39, 0.29) is 24.1 Å². The number of nitrogens with two attached hydrogens (primary N) is 1. The van der Waals surface area contributed by atoms with Crippen molar-refractivity contribution in [2.24, 2.45) is 5.73 Å². The van der Waals surface area contributed by atoms with Crippen molar-refractivity contribution in [1.29, 1.82) is 0 Å². The van der Waals surface area contributed by atoms with Gasteiger partial charge in [-0.3, -0.25) is 14.4 Å². The van der Waals surface area contributed by atoms with Crippen LogP contribution in [0.15, 0.2) is 54.6 Å². The Morgan fingerprint density at radius 1 is 0.972 bits per heavy atom. The Labute approximate surface area is 217 Å². The van der Waals surface area contributed by atoms with Gasteiger partial charge in [-0.05, 0) is 49.1 Å². The quantitative estimate of drug-likeness (QED) is 0.477. The molecule has 3 N–H and O–H groups in total. The first-order valence-corrected chi connectivity index (χ1v) is 12.9. The molecule has 3 amide bonds. The van der Waals surface area contributed by atoms with Gasteiger partial charge in [0.25, 0.3) is 0 Å². The third kappa shape index (κ3) is 5.99. The summed E-state index contributed by atoms with van der Waals surface area (Å²) in [6.07, 6.45) is 2.57. The van der Waals surface area contributed by atoms with E-state index in [1.165, 1.54) is 0 Å². The molecule has 0 unspecified atom stereocenters. The molecule has 2 heterocycles. The van der Waals surface area contributed by atoms with E-state index in [1.54, 1.807) is 0 Å². The number of halogens is 1. The monoisotopic (exact) mass is 511 g/mol. The van der Waals surface area contributed by atoms with Crippen molar-refractivity contribution in [3.8, 4) is 0 Å². The number of hydrogen-bond acceptors (Lipinski definition) is 5. The third-order valence-electron chi connectivity index (χ3n) is 7.17. The number of para-hydroxylation sites is 1. The fourth-order valence-corrected chi connectivity index (χ4v) is 5.24. The van der Waals surface area contributed by atoms with E-state index < -0.39 is 5.54 Å². The van der Waals surface area contributed by atoms with Gasteiger partial charge in [0.1, 0.15) is 5.54 Å². The molecule has 9 heteroatoms. The van der Waals surface area contributed by atoms with Crippen molar-refractivity contribution in [2.75, 3.05) is 44.3 Å². The second kappa shape index (κ2) is 11.8. The maximum absolute atomic E-state index is 13.7. The van der Waals surface area contributed by atoms with E-state index in [9.17, 15) is 14.4 Å². The summed E-state index contributed by atoms with van der Waals surface area (Å²) in [7, 11) is 0. The van der Waals surface area contributed by atoms with Crippen LogP contribution < -0.4 is 16.0 Å². The van der Waals surface area contributed by atoms with Gasteiger partial charge in [0, 0.05) is 56.3 Å². The first-order chi connectivity index (χ1) is 17.4. The van der Waals surface area contributed by atoms with Gasteiger partial charge >= 0.3 is 0 Å². The van der Waals surface area contributed by atoms with Gasteiger partial charge in [0.05, 0.1) is 6.67 Å². The number of benzene rings is 2. The molecule has 0 saturated carbocycles. The van der Waals surface area contributed by atoms with Crippen LogP contribution in [0.5, 0.6) is 0 Å². The highest BCUT2D eigenvalue weighted by Crippen LogP contribution is 2.39. The molecule has 4 rings (SSSR count). The standard InChI is InChI=1S/C27H34ClN5O3/c28-22-9-6-21(7-10-22)8-11-25(35)31-17-13-27(14-18-31)26(36)32(19-16-30-15-12-24(29)34)20-33(27)23-4-2-1-3-5-23/h1-7,9-10,30H,8,11-20H2,(H2,29,34). The van der Waals surface area contributed by atoms with E-state index in [2.05, 4.69) is 10.2 Å². The van der Waals surface area contributed by atoms with E-state index in [1.807, 2.05) is 64.4 Å². The molecule has 2 aliphatic rings. The Kier molecular flexibility index (Phi) is 8.48. The average molecular weight is 512 g/mol. The Bertz CT molecular complexity index is 1050. The number of rotatable bonds is 10. The number of aryl methyl sites for hydroxylation is 1. The number of amides is 3. The van der Waals surface area contributed by atoms with E-state index in [0.29, 0.717) is 70.1 Å². The Morgan fingerprint density at radius 3 is 2.33 bits per heavy atom. The van der Waals surface area contributed by atoms with Gasteiger partial charge in [0.2, 0.25) is 17.7 Å². The summed E-state index contributed by atoms with van der Waals surface area (Å²) in [5.41, 5.74) is 6.64. The molecule has 0 aromatic heterocycles. The van der Waals surface area contributed by atoms with E-state index >= 15 is 0 Å². The third-order valence-corrected chi connectivity index (χ3v) is 7.42. The number of nitrogens with one attached hydrogen (secondary N) is 1. The topological polar surface area (TPSA) is 99.0 Å². The summed E-state index contributed by atoms with van der Waals surface area (Å²) in [5.74, 6) is -0.119. The van der Waals surface area contributed by atoms with Gasteiger partial charge in [-0.25, -0.2) is 0 Å². The number of hydrogen-bond donors (Lipinski definition) is 2. The molecule has 0 bridgehead atoms. The molecular formula is C27H34ClN5O3. The normalized spacial score (nSPS) is 17.1. The van der Waals surface area contributed by atoms with Crippen molar-refractivity contribution in [1.82, 2.24) is 15.1 Å². The molecule has 8 nitrogen and oxygen atoms in total. The minimum Gasteiger partial charge on any atom is -0.370 e. The van der Waals surface area contributed by atoms with Gasteiger partial charge in [-0.2, -0.15) is 0 Å². The van der Waals surface area contributed by atoms with Crippen LogP contribution in [0.1, 0.15) is 31.2 Å². The van der Waals surface area contributed by atoms with Crippen LogP contribution in [-0.4, -0.2) is 72.5 Å². The molecule has 192 valence electrons. The maximum atomic E-state index is 13.7. The molecule has 36 heavy (non-hydrogen) atoms. The zero-order valence-corrected chi connectivity index (χ0v) is 21.3.